The van der Waals surface area contributed by atoms with E-state index in [0.29, 0.717) is 15.7 Å². The number of nitrogens with zero attached hydrogens (tertiary/aromatic N) is 3. The second kappa shape index (κ2) is 6.76. The molecule has 9 heteroatoms. The molecule has 22 heavy (non-hydrogen) atoms. The number of ether oxygens (including phenoxy) is 2. The number of halogens is 2. The molecule has 0 atom stereocenters. The molecule has 0 saturated carbocycles. The zero-order valence-electron chi connectivity index (χ0n) is 11.7. The molecule has 2 rings (SSSR count). The van der Waals surface area contributed by atoms with Gasteiger partial charge in [0, 0.05) is 5.02 Å². The maximum atomic E-state index is 11.7. The molecular formula is C13H11Cl2N3O4. The lowest BCUT2D eigenvalue weighted by Gasteiger charge is -2.08. The summed E-state index contributed by atoms with van der Waals surface area (Å²) < 4.78 is 10.5. The average Bonchev–Trinajstić information content (AvgIpc) is 2.89. The van der Waals surface area contributed by atoms with Gasteiger partial charge in [0.15, 0.2) is 5.69 Å². The lowest BCUT2D eigenvalue weighted by molar-refractivity contribution is -0.139. The van der Waals surface area contributed by atoms with Crippen molar-refractivity contribution in [3.8, 4) is 5.69 Å². The average molecular weight is 344 g/mol. The van der Waals surface area contributed by atoms with E-state index in [1.54, 1.807) is 12.1 Å². The van der Waals surface area contributed by atoms with Gasteiger partial charge in [0.25, 0.3) is 0 Å². The highest BCUT2D eigenvalue weighted by atomic mass is 35.5. The highest BCUT2D eigenvalue weighted by Gasteiger charge is 2.24. The van der Waals surface area contributed by atoms with Gasteiger partial charge in [0.05, 0.1) is 37.0 Å². The van der Waals surface area contributed by atoms with Gasteiger partial charge in [-0.05, 0) is 18.2 Å². The van der Waals surface area contributed by atoms with Gasteiger partial charge in [-0.15, -0.1) is 5.10 Å². The number of aromatic nitrogens is 3. The fourth-order valence-electron chi connectivity index (χ4n) is 1.77. The van der Waals surface area contributed by atoms with Gasteiger partial charge in [-0.2, -0.15) is 0 Å². The summed E-state index contributed by atoms with van der Waals surface area (Å²) in [7, 11) is 2.45. The molecule has 116 valence electrons. The highest BCUT2D eigenvalue weighted by Crippen LogP contribution is 2.26. The molecule has 2 aromatic rings. The van der Waals surface area contributed by atoms with Crippen LogP contribution in [-0.4, -0.2) is 41.2 Å². The predicted molar refractivity (Wildman–Crippen MR) is 78.4 cm³/mol. The first-order chi connectivity index (χ1) is 10.5. The van der Waals surface area contributed by atoms with Crippen molar-refractivity contribution in [2.24, 2.45) is 0 Å². The molecule has 0 aliphatic rings. The molecule has 0 radical (unpaired) electrons. The molecule has 0 fully saturated rings. The van der Waals surface area contributed by atoms with Crippen LogP contribution in [0.3, 0.4) is 0 Å². The van der Waals surface area contributed by atoms with Crippen molar-refractivity contribution in [3.63, 3.8) is 0 Å². The van der Waals surface area contributed by atoms with Crippen LogP contribution in [0.5, 0.6) is 0 Å². The van der Waals surface area contributed by atoms with Crippen molar-refractivity contribution in [1.82, 2.24) is 15.0 Å². The van der Waals surface area contributed by atoms with Gasteiger partial charge in [-0.25, -0.2) is 9.48 Å². The highest BCUT2D eigenvalue weighted by molar-refractivity contribution is 6.35. The molecule has 7 nitrogen and oxygen atoms in total. The standard InChI is InChI=1S/C13H11Cl2N3O4/c1-21-11(19)6-10-12(13(20)22-2)16-17-18(10)9-4-3-7(14)5-8(9)15/h3-5H,6H2,1-2H3. The van der Waals surface area contributed by atoms with Gasteiger partial charge >= 0.3 is 11.9 Å². The van der Waals surface area contributed by atoms with Crippen molar-refractivity contribution in [1.29, 1.82) is 0 Å². The molecule has 0 aliphatic heterocycles. The Bertz CT molecular complexity index is 730. The first kappa shape index (κ1) is 16.3. The number of rotatable bonds is 4. The molecule has 0 amide bonds. The van der Waals surface area contributed by atoms with E-state index in [1.165, 1.54) is 25.0 Å². The summed E-state index contributed by atoms with van der Waals surface area (Å²) in [6, 6.07) is 4.71. The van der Waals surface area contributed by atoms with Crippen LogP contribution in [0.25, 0.3) is 5.69 Å². The largest absolute Gasteiger partial charge is 0.469 e. The van der Waals surface area contributed by atoms with Crippen molar-refractivity contribution in [2.75, 3.05) is 14.2 Å². The fraction of sp³-hybridized carbons (Fsp3) is 0.231. The zero-order chi connectivity index (χ0) is 16.3. The van der Waals surface area contributed by atoms with Crippen LogP contribution in [0.2, 0.25) is 10.0 Å². The third kappa shape index (κ3) is 3.20. The normalized spacial score (nSPS) is 10.4. The third-order valence-electron chi connectivity index (χ3n) is 2.82. The Hall–Kier alpha value is -2.12. The molecule has 0 unspecified atom stereocenters. The second-order valence-corrected chi connectivity index (χ2v) is 4.98. The number of hydrogen-bond acceptors (Lipinski definition) is 6. The van der Waals surface area contributed by atoms with E-state index >= 15 is 0 Å². The van der Waals surface area contributed by atoms with Gasteiger partial charge in [0.2, 0.25) is 0 Å². The smallest absolute Gasteiger partial charge is 0.360 e. The van der Waals surface area contributed by atoms with E-state index in [9.17, 15) is 9.59 Å². The zero-order valence-corrected chi connectivity index (χ0v) is 13.2. The minimum absolute atomic E-state index is 0.0843. The Balaban J connectivity index is 2.57. The maximum absolute atomic E-state index is 11.7. The summed E-state index contributed by atoms with van der Waals surface area (Å²) in [5.74, 6) is -1.27. The van der Waals surface area contributed by atoms with Crippen LogP contribution in [0.15, 0.2) is 18.2 Å². The molecule has 1 aromatic heterocycles. The van der Waals surface area contributed by atoms with Crippen molar-refractivity contribution in [2.45, 2.75) is 6.42 Å². The summed E-state index contributed by atoms with van der Waals surface area (Å²) in [6.07, 6.45) is -0.215. The maximum Gasteiger partial charge on any atom is 0.360 e. The summed E-state index contributed by atoms with van der Waals surface area (Å²) in [4.78, 5) is 23.3. The number of carbonyl (C=O) groups excluding carboxylic acids is 2. The van der Waals surface area contributed by atoms with E-state index in [-0.39, 0.29) is 17.8 Å². The first-order valence-corrected chi connectivity index (χ1v) is 6.78. The van der Waals surface area contributed by atoms with E-state index in [0.717, 1.165) is 0 Å². The number of methoxy groups -OCH3 is 2. The molecule has 0 saturated heterocycles. The molecular weight excluding hydrogens is 333 g/mol. The van der Waals surface area contributed by atoms with Crippen LogP contribution in [0.4, 0.5) is 0 Å². The van der Waals surface area contributed by atoms with Crippen LogP contribution in [0.1, 0.15) is 16.2 Å². The molecule has 0 N–H and O–H groups in total. The Kier molecular flexibility index (Phi) is 4.99. The summed E-state index contributed by atoms with van der Waals surface area (Å²) in [6.45, 7) is 0. The van der Waals surface area contributed by atoms with Crippen LogP contribution >= 0.6 is 23.2 Å². The predicted octanol–water partition coefficient (Wildman–Crippen LogP) is 2.08. The third-order valence-corrected chi connectivity index (χ3v) is 3.36. The SMILES string of the molecule is COC(=O)Cc1c(C(=O)OC)nnn1-c1ccc(Cl)cc1Cl. The molecule has 1 aromatic carbocycles. The summed E-state index contributed by atoms with van der Waals surface area (Å²) in [5.41, 5.74) is 0.550. The molecule has 1 heterocycles. The quantitative estimate of drug-likeness (QED) is 0.790. The second-order valence-electron chi connectivity index (χ2n) is 4.14. The number of esters is 2. The Labute approximate surface area is 135 Å². The van der Waals surface area contributed by atoms with E-state index in [2.05, 4.69) is 19.8 Å². The van der Waals surface area contributed by atoms with Gasteiger partial charge in [-0.1, -0.05) is 28.4 Å². The van der Waals surface area contributed by atoms with Crippen LogP contribution in [-0.2, 0) is 20.7 Å². The minimum atomic E-state index is -0.713. The van der Waals surface area contributed by atoms with Gasteiger partial charge in [0.1, 0.15) is 0 Å². The van der Waals surface area contributed by atoms with E-state index < -0.39 is 11.9 Å². The summed E-state index contributed by atoms with van der Waals surface area (Å²) >= 11 is 12.0. The monoisotopic (exact) mass is 343 g/mol. The summed E-state index contributed by atoms with van der Waals surface area (Å²) in [5, 5.41) is 8.35. The molecule has 0 spiro atoms. The first-order valence-electron chi connectivity index (χ1n) is 6.03. The van der Waals surface area contributed by atoms with E-state index in [4.69, 9.17) is 23.2 Å². The Morgan fingerprint density at radius 2 is 1.95 bits per heavy atom. The Morgan fingerprint density at radius 1 is 1.23 bits per heavy atom. The lowest BCUT2D eigenvalue weighted by Crippen LogP contribution is -2.14. The van der Waals surface area contributed by atoms with Gasteiger partial charge in [-0.3, -0.25) is 4.79 Å². The Morgan fingerprint density at radius 3 is 2.55 bits per heavy atom. The molecule has 0 bridgehead atoms. The van der Waals surface area contributed by atoms with Gasteiger partial charge < -0.3 is 9.47 Å². The van der Waals surface area contributed by atoms with Crippen molar-refractivity contribution < 1.29 is 19.1 Å². The number of carbonyl (C=O) groups is 2. The minimum Gasteiger partial charge on any atom is -0.469 e. The van der Waals surface area contributed by atoms with Crippen molar-refractivity contribution in [3.05, 3.63) is 39.6 Å². The lowest BCUT2D eigenvalue weighted by atomic mass is 10.2. The van der Waals surface area contributed by atoms with Crippen LogP contribution < -0.4 is 0 Å². The number of hydrogen-bond donors (Lipinski definition) is 0. The van der Waals surface area contributed by atoms with Crippen LogP contribution in [0, 0.1) is 0 Å². The van der Waals surface area contributed by atoms with E-state index in [1.807, 2.05) is 0 Å². The molecule has 0 aliphatic carbocycles. The number of benzene rings is 1. The fourth-order valence-corrected chi connectivity index (χ4v) is 2.26. The van der Waals surface area contributed by atoms with Crippen molar-refractivity contribution >= 4 is 35.1 Å². The topological polar surface area (TPSA) is 83.3 Å².